The lowest BCUT2D eigenvalue weighted by Gasteiger charge is -2.44. The number of benzene rings is 1. The third-order valence-electron chi connectivity index (χ3n) is 7.56. The summed E-state index contributed by atoms with van der Waals surface area (Å²) in [5.74, 6) is -3.55. The Kier molecular flexibility index (Phi) is 15.6. The highest BCUT2D eigenvalue weighted by atomic mass is 35.5. The molecule has 1 aromatic carbocycles. The molecule has 5 atom stereocenters. The van der Waals surface area contributed by atoms with Crippen molar-refractivity contribution in [3.8, 4) is 17.1 Å². The first-order chi connectivity index (χ1) is 26.3. The summed E-state index contributed by atoms with van der Waals surface area (Å²) in [5.41, 5.74) is 0.570. The van der Waals surface area contributed by atoms with Crippen molar-refractivity contribution in [2.75, 3.05) is 45.3 Å². The Morgan fingerprint density at radius 3 is 2.29 bits per heavy atom. The van der Waals surface area contributed by atoms with E-state index in [4.69, 9.17) is 44.8 Å². The average molecular weight is 791 g/mol. The smallest absolute Gasteiger partial charge is 0.303 e. The number of ether oxygens (including phenoxy) is 7. The van der Waals surface area contributed by atoms with Gasteiger partial charge in [-0.15, -0.1) is 0 Å². The maximum absolute atomic E-state index is 14.6. The van der Waals surface area contributed by atoms with E-state index in [0.29, 0.717) is 10.7 Å². The number of halogens is 2. The normalized spacial score (nSPS) is 19.1. The molecule has 55 heavy (non-hydrogen) atoms. The Hall–Kier alpha value is -5.50. The van der Waals surface area contributed by atoms with E-state index in [-0.39, 0.29) is 61.4 Å². The van der Waals surface area contributed by atoms with Crippen LogP contribution in [0.1, 0.15) is 38.1 Å². The highest BCUT2D eigenvalue weighted by Gasteiger charge is 2.52. The quantitative estimate of drug-likeness (QED) is 0.101. The van der Waals surface area contributed by atoms with E-state index in [1.165, 1.54) is 50.8 Å². The van der Waals surface area contributed by atoms with Crippen molar-refractivity contribution in [2.45, 2.75) is 58.4 Å². The Balaban J connectivity index is 1.35. The van der Waals surface area contributed by atoms with Crippen LogP contribution in [0, 0.1) is 5.82 Å². The van der Waals surface area contributed by atoms with E-state index >= 15 is 0 Å². The van der Waals surface area contributed by atoms with Gasteiger partial charge >= 0.3 is 23.9 Å². The third kappa shape index (κ3) is 12.3. The highest BCUT2D eigenvalue weighted by molar-refractivity contribution is 6.30. The Labute approximate surface area is 319 Å². The minimum absolute atomic E-state index is 0.0276. The molecule has 18 nitrogen and oxygen atoms in total. The van der Waals surface area contributed by atoms with Crippen molar-refractivity contribution in [2.24, 2.45) is 0 Å². The molecule has 4 rings (SSSR count). The van der Waals surface area contributed by atoms with E-state index in [1.54, 1.807) is 6.07 Å². The number of amides is 1. The molecule has 2 aromatic heterocycles. The number of methoxy groups -OCH3 is 1. The topological polar surface area (TPSA) is 225 Å². The second-order valence-electron chi connectivity index (χ2n) is 11.7. The summed E-state index contributed by atoms with van der Waals surface area (Å²) in [6.45, 7) is 4.79. The summed E-state index contributed by atoms with van der Waals surface area (Å²) in [4.78, 5) is 73.3. The summed E-state index contributed by atoms with van der Waals surface area (Å²) >= 11 is 6.05. The number of aromatic nitrogens is 3. The highest BCUT2D eigenvalue weighted by Crippen LogP contribution is 2.32. The average Bonchev–Trinajstić information content (AvgIpc) is 3.13. The van der Waals surface area contributed by atoms with Crippen molar-refractivity contribution in [3.63, 3.8) is 0 Å². The lowest BCUT2D eigenvalue weighted by molar-refractivity contribution is -0.307. The molecular formula is C35H40ClFN6O12. The van der Waals surface area contributed by atoms with Gasteiger partial charge in [0.15, 0.2) is 42.0 Å². The molecular weight excluding hydrogens is 751 g/mol. The molecule has 0 aliphatic carbocycles. The SMILES string of the molecule is COc1cnc(-c2cc(Cl)ccc2F)nc1Nc1ccncc1C(=O)NCCNCCOC1O[C@H](COC(C)=O)[C@@H](OC(C)=O)[C@H](OC(C)=O)[C@H]1OC(C)=O. The lowest BCUT2D eigenvalue weighted by atomic mass is 9.98. The second kappa shape index (κ2) is 20.3. The van der Waals surface area contributed by atoms with E-state index in [9.17, 15) is 28.4 Å². The minimum Gasteiger partial charge on any atom is -0.491 e. The standard InChI is InChI=1S/C35H40ClFN6O12/c1-18(44)51-17-28-29(52-19(2)45)30(53-20(3)46)31(54-21(4)47)35(55-28)50-13-12-38-10-11-40-34(48)24-15-39-9-8-26(24)42-33-27(49-5)16-41-32(43-33)23-14-22(36)6-7-25(23)37/h6-9,14-16,28-31,35,38H,10-13,17H2,1-5H3,(H,40,48)(H,39,41,42,43)/t28-,29-,30+,31-,35?/m1/s1. The lowest BCUT2D eigenvalue weighted by Crippen LogP contribution is -2.63. The molecule has 1 fully saturated rings. The van der Waals surface area contributed by atoms with Gasteiger partial charge in [-0.25, -0.2) is 14.4 Å². The molecule has 0 bridgehead atoms. The maximum Gasteiger partial charge on any atom is 0.303 e. The van der Waals surface area contributed by atoms with Gasteiger partial charge in [0.05, 0.1) is 36.7 Å². The van der Waals surface area contributed by atoms with Crippen molar-refractivity contribution in [1.29, 1.82) is 0 Å². The van der Waals surface area contributed by atoms with Crippen LogP contribution in [0.2, 0.25) is 5.02 Å². The van der Waals surface area contributed by atoms with Crippen molar-refractivity contribution in [1.82, 2.24) is 25.6 Å². The molecule has 0 saturated carbocycles. The van der Waals surface area contributed by atoms with Crippen LogP contribution in [0.25, 0.3) is 11.4 Å². The predicted octanol–water partition coefficient (Wildman–Crippen LogP) is 2.50. The van der Waals surface area contributed by atoms with Crippen LogP contribution >= 0.6 is 11.6 Å². The molecule has 1 amide bonds. The van der Waals surface area contributed by atoms with Crippen molar-refractivity contribution >= 4 is 52.9 Å². The number of hydrogen-bond acceptors (Lipinski definition) is 17. The zero-order valence-corrected chi connectivity index (χ0v) is 31.2. The Morgan fingerprint density at radius 2 is 1.60 bits per heavy atom. The van der Waals surface area contributed by atoms with E-state index in [2.05, 4.69) is 30.9 Å². The number of pyridine rings is 1. The molecule has 3 heterocycles. The van der Waals surface area contributed by atoms with Gasteiger partial charge in [0.25, 0.3) is 5.91 Å². The van der Waals surface area contributed by atoms with Crippen molar-refractivity contribution < 1.29 is 61.5 Å². The maximum atomic E-state index is 14.6. The Bertz CT molecular complexity index is 1860. The fourth-order valence-corrected chi connectivity index (χ4v) is 5.45. The summed E-state index contributed by atoms with van der Waals surface area (Å²) < 4.78 is 52.9. The molecule has 1 aliphatic heterocycles. The molecule has 0 radical (unpaired) electrons. The molecule has 1 unspecified atom stereocenters. The summed E-state index contributed by atoms with van der Waals surface area (Å²) in [6.07, 6.45) is -2.30. The zero-order valence-electron chi connectivity index (χ0n) is 30.5. The largest absolute Gasteiger partial charge is 0.491 e. The van der Waals surface area contributed by atoms with Crippen LogP contribution in [0.3, 0.4) is 0 Å². The van der Waals surface area contributed by atoms with E-state index < -0.39 is 66.3 Å². The van der Waals surface area contributed by atoms with Gasteiger partial charge < -0.3 is 49.1 Å². The number of carbonyl (C=O) groups excluding carboxylic acids is 5. The molecule has 296 valence electrons. The number of rotatable bonds is 17. The zero-order chi connectivity index (χ0) is 40.1. The number of carbonyl (C=O) groups is 5. The monoisotopic (exact) mass is 790 g/mol. The van der Waals surface area contributed by atoms with Crippen molar-refractivity contribution in [3.05, 3.63) is 59.3 Å². The number of anilines is 2. The van der Waals surface area contributed by atoms with Gasteiger partial charge in [-0.2, -0.15) is 0 Å². The van der Waals surface area contributed by atoms with Crippen LogP contribution in [0.5, 0.6) is 5.75 Å². The molecule has 20 heteroatoms. The molecule has 3 N–H and O–H groups in total. The van der Waals surface area contributed by atoms with E-state index in [0.717, 1.165) is 20.8 Å². The third-order valence-corrected chi connectivity index (χ3v) is 7.79. The predicted molar refractivity (Wildman–Crippen MR) is 190 cm³/mol. The van der Waals surface area contributed by atoms with Gasteiger partial charge in [0.2, 0.25) is 0 Å². The number of hydrogen-bond donors (Lipinski definition) is 3. The molecule has 1 aliphatic rings. The van der Waals surface area contributed by atoms with Gasteiger partial charge in [-0.1, -0.05) is 11.6 Å². The second-order valence-corrected chi connectivity index (χ2v) is 12.2. The van der Waals surface area contributed by atoms with Crippen LogP contribution in [-0.4, -0.2) is 115 Å². The fourth-order valence-electron chi connectivity index (χ4n) is 5.28. The molecule has 0 spiro atoms. The first kappa shape index (κ1) is 42.2. The van der Waals surface area contributed by atoms with Gasteiger partial charge in [-0.05, 0) is 24.3 Å². The first-order valence-electron chi connectivity index (χ1n) is 16.8. The molecule has 3 aromatic rings. The van der Waals surface area contributed by atoms with Crippen LogP contribution in [0.4, 0.5) is 15.9 Å². The summed E-state index contributed by atoms with van der Waals surface area (Å²) in [7, 11) is 1.41. The fraction of sp³-hybridized carbons (Fsp3) is 0.429. The van der Waals surface area contributed by atoms with Gasteiger partial charge in [0, 0.05) is 64.7 Å². The number of esters is 4. The van der Waals surface area contributed by atoms with Gasteiger partial charge in [0.1, 0.15) is 18.5 Å². The van der Waals surface area contributed by atoms with Crippen LogP contribution in [0.15, 0.2) is 42.9 Å². The van der Waals surface area contributed by atoms with E-state index in [1.807, 2.05) is 0 Å². The Morgan fingerprint density at radius 1 is 0.891 bits per heavy atom. The van der Waals surface area contributed by atoms with Crippen LogP contribution < -0.4 is 20.7 Å². The number of nitrogens with one attached hydrogen (secondary N) is 3. The minimum atomic E-state index is -1.36. The number of nitrogens with zero attached hydrogens (tertiary/aromatic N) is 3. The van der Waals surface area contributed by atoms with Crippen LogP contribution in [-0.2, 0) is 47.6 Å². The summed E-state index contributed by atoms with van der Waals surface area (Å²) in [5, 5.41) is 9.20. The van der Waals surface area contributed by atoms with Gasteiger partial charge in [-0.3, -0.25) is 29.0 Å². The summed E-state index contributed by atoms with van der Waals surface area (Å²) in [6, 6.07) is 5.55. The molecule has 1 saturated heterocycles. The first-order valence-corrected chi connectivity index (χ1v) is 17.1.